The maximum Gasteiger partial charge on any atom is 0.249 e. The number of rotatable bonds is 2. The van der Waals surface area contributed by atoms with Crippen LogP contribution in [0.3, 0.4) is 0 Å². The van der Waals surface area contributed by atoms with Crippen molar-refractivity contribution < 1.29 is 4.79 Å². The predicted molar refractivity (Wildman–Crippen MR) is 35.6 cm³/mol. The standard InChI is InChI=1S/C7H7NO/c1-2-3-4-5-6-7(8)9/h2-3,6H,1H2,(H2,8,9). The zero-order chi connectivity index (χ0) is 7.11. The Morgan fingerprint density at radius 2 is 2.22 bits per heavy atom. The van der Waals surface area contributed by atoms with Crippen molar-refractivity contribution in [3.8, 4) is 0 Å². The van der Waals surface area contributed by atoms with Crippen LogP contribution in [0.5, 0.6) is 0 Å². The Labute approximate surface area is 53.7 Å². The lowest BCUT2D eigenvalue weighted by atomic mass is 10.5. The van der Waals surface area contributed by atoms with Crippen molar-refractivity contribution in [2.24, 2.45) is 5.73 Å². The summed E-state index contributed by atoms with van der Waals surface area (Å²) < 4.78 is 0. The molecular weight excluding hydrogens is 114 g/mol. The summed E-state index contributed by atoms with van der Waals surface area (Å²) in [6.45, 7) is 3.39. The molecule has 9 heavy (non-hydrogen) atoms. The largest absolute Gasteiger partial charge is 0.366 e. The molecule has 0 heterocycles. The second kappa shape index (κ2) is 4.66. The third-order valence-corrected chi connectivity index (χ3v) is 0.499. The fourth-order valence-electron chi connectivity index (χ4n) is 0.220. The molecule has 0 bridgehead atoms. The summed E-state index contributed by atoms with van der Waals surface area (Å²) in [5.41, 5.74) is 9.66. The first-order valence-corrected chi connectivity index (χ1v) is 2.35. The second-order valence-corrected chi connectivity index (χ2v) is 1.24. The van der Waals surface area contributed by atoms with Crippen LogP contribution in [-0.4, -0.2) is 5.91 Å². The number of allylic oxidation sites excluding steroid dienone is 2. The molecule has 0 aromatic carbocycles. The van der Waals surface area contributed by atoms with Gasteiger partial charge >= 0.3 is 0 Å². The summed E-state index contributed by atoms with van der Waals surface area (Å²) >= 11 is 0. The van der Waals surface area contributed by atoms with Gasteiger partial charge in [-0.25, -0.2) is 0 Å². The summed E-state index contributed by atoms with van der Waals surface area (Å²) in [7, 11) is 0. The van der Waals surface area contributed by atoms with Crippen molar-refractivity contribution in [3.05, 3.63) is 36.3 Å². The number of nitrogens with two attached hydrogens (primary N) is 1. The highest BCUT2D eigenvalue weighted by Gasteiger charge is 1.73. The zero-order valence-corrected chi connectivity index (χ0v) is 4.92. The van der Waals surface area contributed by atoms with E-state index in [9.17, 15) is 4.79 Å². The molecule has 0 atom stereocenters. The molecule has 0 rings (SSSR count). The summed E-state index contributed by atoms with van der Waals surface area (Å²) in [5.74, 6) is -0.528. The SMILES string of the molecule is C=CC=C=C=CC(N)=O. The first-order chi connectivity index (χ1) is 4.27. The van der Waals surface area contributed by atoms with E-state index in [4.69, 9.17) is 5.73 Å². The predicted octanol–water partition coefficient (Wildman–Crippen LogP) is 0.524. The van der Waals surface area contributed by atoms with Crippen LogP contribution < -0.4 is 5.73 Å². The molecule has 2 nitrogen and oxygen atoms in total. The fourth-order valence-corrected chi connectivity index (χ4v) is 0.220. The van der Waals surface area contributed by atoms with Gasteiger partial charge in [-0.15, -0.1) is 0 Å². The Balaban J connectivity index is 4.12. The number of hydrogen-bond acceptors (Lipinski definition) is 1. The molecule has 0 aliphatic rings. The van der Waals surface area contributed by atoms with Crippen LogP contribution in [0.1, 0.15) is 0 Å². The number of carbonyl (C=O) groups is 1. The van der Waals surface area contributed by atoms with Crippen molar-refractivity contribution in [3.63, 3.8) is 0 Å². The van der Waals surface area contributed by atoms with Crippen molar-refractivity contribution in [1.82, 2.24) is 0 Å². The molecule has 0 aromatic rings. The van der Waals surface area contributed by atoms with Crippen LogP contribution in [0.2, 0.25) is 0 Å². The molecule has 2 N–H and O–H groups in total. The molecule has 46 valence electrons. The smallest absolute Gasteiger partial charge is 0.249 e. The highest BCUT2D eigenvalue weighted by atomic mass is 16.1. The Hall–Kier alpha value is -1.49. The van der Waals surface area contributed by atoms with Gasteiger partial charge in [0.2, 0.25) is 5.91 Å². The van der Waals surface area contributed by atoms with E-state index < -0.39 is 5.91 Å². The average Bonchev–Trinajstić information content (AvgIpc) is 1.80. The van der Waals surface area contributed by atoms with Gasteiger partial charge in [0.25, 0.3) is 0 Å². The van der Waals surface area contributed by atoms with Gasteiger partial charge in [-0.05, 0) is 6.08 Å². The molecule has 1 amide bonds. The normalized spacial score (nSPS) is 6.22. The van der Waals surface area contributed by atoms with E-state index in [2.05, 4.69) is 18.0 Å². The van der Waals surface area contributed by atoms with E-state index in [-0.39, 0.29) is 0 Å². The Bertz CT molecular complexity index is 203. The highest BCUT2D eigenvalue weighted by molar-refractivity contribution is 5.85. The zero-order valence-electron chi connectivity index (χ0n) is 4.92. The molecule has 0 spiro atoms. The maximum atomic E-state index is 9.99. The molecule has 0 aliphatic heterocycles. The number of hydrogen-bond donors (Lipinski definition) is 1. The number of primary amides is 1. The van der Waals surface area contributed by atoms with Gasteiger partial charge in [0.05, 0.1) is 6.08 Å². The minimum atomic E-state index is -0.528. The topological polar surface area (TPSA) is 43.1 Å². The van der Waals surface area contributed by atoms with Crippen molar-refractivity contribution in [2.45, 2.75) is 0 Å². The minimum Gasteiger partial charge on any atom is -0.366 e. The molecule has 0 fully saturated rings. The fraction of sp³-hybridized carbons (Fsp3) is 0. The van der Waals surface area contributed by atoms with Gasteiger partial charge in [0.15, 0.2) is 0 Å². The average molecular weight is 121 g/mol. The van der Waals surface area contributed by atoms with Crippen LogP contribution in [0.4, 0.5) is 0 Å². The molecule has 0 saturated heterocycles. The summed E-state index contributed by atoms with van der Waals surface area (Å²) in [5, 5.41) is 0. The van der Waals surface area contributed by atoms with Gasteiger partial charge in [-0.2, -0.15) is 0 Å². The number of amides is 1. The first-order valence-electron chi connectivity index (χ1n) is 2.35. The quantitative estimate of drug-likeness (QED) is 0.323. The molecule has 0 unspecified atom stereocenters. The van der Waals surface area contributed by atoms with E-state index in [1.165, 1.54) is 12.2 Å². The second-order valence-electron chi connectivity index (χ2n) is 1.24. The van der Waals surface area contributed by atoms with E-state index in [0.29, 0.717) is 0 Å². The molecule has 0 radical (unpaired) electrons. The molecule has 0 aromatic heterocycles. The molecule has 2 heteroatoms. The lowest BCUT2D eigenvalue weighted by Crippen LogP contribution is -2.04. The maximum absolute atomic E-state index is 9.99. The third kappa shape index (κ3) is 6.51. The Morgan fingerprint density at radius 1 is 1.56 bits per heavy atom. The summed E-state index contributed by atoms with van der Waals surface area (Å²) in [6.07, 6.45) is 4.15. The van der Waals surface area contributed by atoms with Gasteiger partial charge in [-0.3, -0.25) is 4.79 Å². The lowest BCUT2D eigenvalue weighted by Gasteiger charge is -1.66. The Morgan fingerprint density at radius 3 is 2.67 bits per heavy atom. The Kier molecular flexibility index (Phi) is 3.89. The lowest BCUT2D eigenvalue weighted by molar-refractivity contribution is -0.113. The van der Waals surface area contributed by atoms with E-state index in [1.807, 2.05) is 0 Å². The monoisotopic (exact) mass is 121 g/mol. The van der Waals surface area contributed by atoms with Crippen LogP contribution in [0.15, 0.2) is 36.3 Å². The third-order valence-electron chi connectivity index (χ3n) is 0.499. The van der Waals surface area contributed by atoms with Crippen LogP contribution in [0, 0.1) is 0 Å². The van der Waals surface area contributed by atoms with E-state index in [1.54, 1.807) is 0 Å². The summed E-state index contributed by atoms with van der Waals surface area (Å²) in [4.78, 5) is 9.99. The molecular formula is C7H7NO. The van der Waals surface area contributed by atoms with Gasteiger partial charge in [0.1, 0.15) is 0 Å². The van der Waals surface area contributed by atoms with Crippen molar-refractivity contribution in [1.29, 1.82) is 0 Å². The number of carbonyl (C=O) groups excluding carboxylic acids is 1. The minimum absolute atomic E-state index is 0.528. The van der Waals surface area contributed by atoms with Gasteiger partial charge in [0, 0.05) is 0 Å². The first kappa shape index (κ1) is 7.51. The van der Waals surface area contributed by atoms with E-state index in [0.717, 1.165) is 6.08 Å². The van der Waals surface area contributed by atoms with Crippen LogP contribution in [0.25, 0.3) is 0 Å². The van der Waals surface area contributed by atoms with Crippen molar-refractivity contribution >= 4 is 5.91 Å². The van der Waals surface area contributed by atoms with Crippen LogP contribution >= 0.6 is 0 Å². The van der Waals surface area contributed by atoms with E-state index >= 15 is 0 Å². The van der Waals surface area contributed by atoms with Gasteiger partial charge in [-0.1, -0.05) is 24.1 Å². The highest BCUT2D eigenvalue weighted by Crippen LogP contribution is 1.64. The summed E-state index contributed by atoms with van der Waals surface area (Å²) in [6, 6.07) is 0. The molecule has 0 saturated carbocycles. The van der Waals surface area contributed by atoms with Crippen molar-refractivity contribution in [2.75, 3.05) is 0 Å². The van der Waals surface area contributed by atoms with Crippen LogP contribution in [-0.2, 0) is 4.79 Å². The van der Waals surface area contributed by atoms with Gasteiger partial charge < -0.3 is 5.73 Å². The molecule has 0 aliphatic carbocycles.